The molecular weight excluding hydrogens is 262 g/mol. The molecule has 1 atom stereocenters. The van der Waals surface area contributed by atoms with Crippen LogP contribution >= 0.6 is 0 Å². The third-order valence-electron chi connectivity index (χ3n) is 3.53. The molecule has 0 bridgehead atoms. The van der Waals surface area contributed by atoms with Gasteiger partial charge < -0.3 is 10.1 Å². The monoisotopic (exact) mass is 293 g/mol. The summed E-state index contributed by atoms with van der Waals surface area (Å²) in [6, 6.07) is 0. The minimum atomic E-state index is 0.620. The van der Waals surface area contributed by atoms with E-state index in [0.29, 0.717) is 17.7 Å². The van der Waals surface area contributed by atoms with Crippen LogP contribution in [-0.4, -0.2) is 23.1 Å². The van der Waals surface area contributed by atoms with Gasteiger partial charge in [-0.25, -0.2) is 4.98 Å². The molecule has 4 heteroatoms. The van der Waals surface area contributed by atoms with Gasteiger partial charge in [0.1, 0.15) is 0 Å². The van der Waals surface area contributed by atoms with E-state index in [2.05, 4.69) is 43.0 Å². The van der Waals surface area contributed by atoms with Gasteiger partial charge in [-0.05, 0) is 24.8 Å². The van der Waals surface area contributed by atoms with Gasteiger partial charge in [-0.15, -0.1) is 0 Å². The van der Waals surface area contributed by atoms with E-state index in [0.717, 1.165) is 31.8 Å². The van der Waals surface area contributed by atoms with E-state index in [4.69, 9.17) is 4.74 Å². The van der Waals surface area contributed by atoms with Crippen LogP contribution in [0.3, 0.4) is 0 Å². The second-order valence-corrected chi connectivity index (χ2v) is 6.10. The van der Waals surface area contributed by atoms with Gasteiger partial charge in [-0.2, -0.15) is 0 Å². The maximum absolute atomic E-state index is 5.82. The summed E-state index contributed by atoms with van der Waals surface area (Å²) < 4.78 is 5.82. The molecule has 0 fully saturated rings. The maximum Gasteiger partial charge on any atom is 0.232 e. The number of rotatable bonds is 11. The lowest BCUT2D eigenvalue weighted by Gasteiger charge is -2.15. The number of ether oxygens (including phenoxy) is 1. The summed E-state index contributed by atoms with van der Waals surface area (Å²) in [6.07, 6.45) is 8.41. The fourth-order valence-electron chi connectivity index (χ4n) is 2.13. The van der Waals surface area contributed by atoms with Gasteiger partial charge in [0, 0.05) is 12.7 Å². The molecule has 0 aliphatic rings. The minimum absolute atomic E-state index is 0.620. The standard InChI is InChI=1S/C17H31N3O/c1-5-7-8-15(6-2)13-21-17-12-19-11-16(20-17)10-18-9-14(3)4/h11-12,14-15,18H,5-10,13H2,1-4H3. The summed E-state index contributed by atoms with van der Waals surface area (Å²) in [6.45, 7) is 11.3. The molecule has 1 aromatic heterocycles. The highest BCUT2D eigenvalue weighted by Gasteiger charge is 2.08. The van der Waals surface area contributed by atoms with Gasteiger partial charge in [0.2, 0.25) is 5.88 Å². The number of unbranched alkanes of at least 4 members (excludes halogenated alkanes) is 1. The van der Waals surface area contributed by atoms with E-state index in [1.54, 1.807) is 12.4 Å². The fourth-order valence-corrected chi connectivity index (χ4v) is 2.13. The second-order valence-electron chi connectivity index (χ2n) is 6.10. The highest BCUT2D eigenvalue weighted by atomic mass is 16.5. The van der Waals surface area contributed by atoms with E-state index in [1.807, 2.05) is 0 Å². The van der Waals surface area contributed by atoms with Gasteiger partial charge in [-0.3, -0.25) is 4.98 Å². The quantitative estimate of drug-likeness (QED) is 0.674. The van der Waals surface area contributed by atoms with Gasteiger partial charge in [0.25, 0.3) is 0 Å². The Hall–Kier alpha value is -1.16. The Bertz CT molecular complexity index is 382. The van der Waals surface area contributed by atoms with Gasteiger partial charge in [0.05, 0.1) is 18.5 Å². The molecule has 0 saturated carbocycles. The molecule has 1 rings (SSSR count). The fraction of sp³-hybridized carbons (Fsp3) is 0.765. The molecule has 0 saturated heterocycles. The van der Waals surface area contributed by atoms with Crippen LogP contribution in [0, 0.1) is 11.8 Å². The average molecular weight is 293 g/mol. The van der Waals surface area contributed by atoms with Crippen LogP contribution in [-0.2, 0) is 6.54 Å². The SMILES string of the molecule is CCCCC(CC)COc1cncc(CNCC(C)C)n1. The molecule has 1 N–H and O–H groups in total. The molecular formula is C17H31N3O. The molecule has 0 amide bonds. The number of hydrogen-bond acceptors (Lipinski definition) is 4. The van der Waals surface area contributed by atoms with Gasteiger partial charge in [0.15, 0.2) is 0 Å². The largest absolute Gasteiger partial charge is 0.476 e. The first-order chi connectivity index (χ1) is 10.2. The predicted molar refractivity (Wildman–Crippen MR) is 87.4 cm³/mol. The lowest BCUT2D eigenvalue weighted by Crippen LogP contribution is -2.20. The first kappa shape index (κ1) is 17.9. The van der Waals surface area contributed by atoms with Crippen molar-refractivity contribution in [3.8, 4) is 5.88 Å². The van der Waals surface area contributed by atoms with Crippen molar-refractivity contribution < 1.29 is 4.74 Å². The van der Waals surface area contributed by atoms with E-state index in [1.165, 1.54) is 19.3 Å². The highest BCUT2D eigenvalue weighted by molar-refractivity contribution is 5.08. The number of nitrogens with zero attached hydrogens (tertiary/aromatic N) is 2. The van der Waals surface area contributed by atoms with Crippen molar-refractivity contribution in [2.24, 2.45) is 11.8 Å². The van der Waals surface area contributed by atoms with Crippen LogP contribution in [0.15, 0.2) is 12.4 Å². The smallest absolute Gasteiger partial charge is 0.232 e. The minimum Gasteiger partial charge on any atom is -0.476 e. The molecule has 4 nitrogen and oxygen atoms in total. The molecule has 0 aromatic carbocycles. The van der Waals surface area contributed by atoms with Gasteiger partial charge >= 0.3 is 0 Å². The van der Waals surface area contributed by atoms with Crippen molar-refractivity contribution in [3.05, 3.63) is 18.1 Å². The van der Waals surface area contributed by atoms with Crippen molar-refractivity contribution in [2.75, 3.05) is 13.2 Å². The molecule has 1 aromatic rings. The summed E-state index contributed by atoms with van der Waals surface area (Å²) in [5, 5.41) is 3.37. The molecule has 21 heavy (non-hydrogen) atoms. The first-order valence-corrected chi connectivity index (χ1v) is 8.30. The van der Waals surface area contributed by atoms with Crippen LogP contribution in [0.1, 0.15) is 59.1 Å². The van der Waals surface area contributed by atoms with Crippen molar-refractivity contribution in [3.63, 3.8) is 0 Å². The molecule has 1 heterocycles. The predicted octanol–water partition coefficient (Wildman–Crippen LogP) is 3.82. The van der Waals surface area contributed by atoms with Crippen molar-refractivity contribution >= 4 is 0 Å². The second kappa shape index (κ2) is 10.6. The number of hydrogen-bond donors (Lipinski definition) is 1. The van der Waals surface area contributed by atoms with Crippen molar-refractivity contribution in [1.82, 2.24) is 15.3 Å². The normalized spacial score (nSPS) is 12.6. The molecule has 120 valence electrons. The third kappa shape index (κ3) is 8.00. The summed E-state index contributed by atoms with van der Waals surface area (Å²) in [5.74, 6) is 1.91. The van der Waals surface area contributed by atoms with Crippen molar-refractivity contribution in [2.45, 2.75) is 59.9 Å². The lowest BCUT2D eigenvalue weighted by atomic mass is 10.0. The van der Waals surface area contributed by atoms with E-state index in [9.17, 15) is 0 Å². The van der Waals surface area contributed by atoms with E-state index in [-0.39, 0.29) is 0 Å². The average Bonchev–Trinajstić information content (AvgIpc) is 2.47. The van der Waals surface area contributed by atoms with Crippen molar-refractivity contribution in [1.29, 1.82) is 0 Å². The van der Waals surface area contributed by atoms with Crippen LogP contribution in [0.2, 0.25) is 0 Å². The van der Waals surface area contributed by atoms with Gasteiger partial charge in [-0.1, -0.05) is 47.0 Å². The Labute approximate surface area is 129 Å². The van der Waals surface area contributed by atoms with Crippen LogP contribution < -0.4 is 10.1 Å². The zero-order valence-corrected chi connectivity index (χ0v) is 14.1. The summed E-state index contributed by atoms with van der Waals surface area (Å²) >= 11 is 0. The number of aromatic nitrogens is 2. The molecule has 0 spiro atoms. The van der Waals surface area contributed by atoms with E-state index < -0.39 is 0 Å². The Balaban J connectivity index is 2.40. The van der Waals surface area contributed by atoms with Crippen LogP contribution in [0.25, 0.3) is 0 Å². The van der Waals surface area contributed by atoms with Crippen LogP contribution in [0.5, 0.6) is 5.88 Å². The molecule has 0 aliphatic carbocycles. The highest BCUT2D eigenvalue weighted by Crippen LogP contribution is 2.14. The Kier molecular flexibility index (Phi) is 8.99. The Morgan fingerprint density at radius 3 is 2.71 bits per heavy atom. The molecule has 1 unspecified atom stereocenters. The van der Waals surface area contributed by atoms with Crippen LogP contribution in [0.4, 0.5) is 0 Å². The first-order valence-electron chi connectivity index (χ1n) is 8.30. The summed E-state index contributed by atoms with van der Waals surface area (Å²) in [4.78, 5) is 8.73. The van der Waals surface area contributed by atoms with E-state index >= 15 is 0 Å². The topological polar surface area (TPSA) is 47.0 Å². The summed E-state index contributed by atoms with van der Waals surface area (Å²) in [5.41, 5.74) is 0.940. The summed E-state index contributed by atoms with van der Waals surface area (Å²) in [7, 11) is 0. The lowest BCUT2D eigenvalue weighted by molar-refractivity contribution is 0.224. The zero-order chi connectivity index (χ0) is 15.5. The molecule has 0 aliphatic heterocycles. The Morgan fingerprint density at radius 2 is 2.05 bits per heavy atom. The third-order valence-corrected chi connectivity index (χ3v) is 3.53. The Morgan fingerprint density at radius 1 is 1.24 bits per heavy atom. The maximum atomic E-state index is 5.82. The number of nitrogens with one attached hydrogen (secondary N) is 1. The zero-order valence-electron chi connectivity index (χ0n) is 14.1. The molecule has 0 radical (unpaired) electrons.